The van der Waals surface area contributed by atoms with Crippen LogP contribution in [0.3, 0.4) is 0 Å². The number of carbonyl (C=O) groups excluding carboxylic acids is 2. The minimum atomic E-state index is -1.16. The fourth-order valence-corrected chi connectivity index (χ4v) is 3.11. The molecule has 1 unspecified atom stereocenters. The van der Waals surface area contributed by atoms with E-state index < -0.39 is 22.9 Å². The standard InChI is InChI=1S/C20H19ClN2O7/c1-12(20(25)22-15-5-2-3-6-16(15)23(26)27)30-18(24)11-13-9-14(21)19-17(10-13)28-7-4-8-29-19/h2-3,5-6,9-10,12H,4,7-8,11H2,1H3,(H,22,25). The summed E-state index contributed by atoms with van der Waals surface area (Å²) in [5.74, 6) is -0.464. The molecule has 0 fully saturated rings. The summed E-state index contributed by atoms with van der Waals surface area (Å²) in [6.07, 6.45) is -0.582. The predicted molar refractivity (Wildman–Crippen MR) is 108 cm³/mol. The van der Waals surface area contributed by atoms with E-state index in [0.29, 0.717) is 41.7 Å². The van der Waals surface area contributed by atoms with Crippen LogP contribution >= 0.6 is 11.6 Å². The molecule has 1 heterocycles. The number of para-hydroxylation sites is 2. The number of ether oxygens (including phenoxy) is 3. The molecule has 0 spiro atoms. The molecule has 1 N–H and O–H groups in total. The largest absolute Gasteiger partial charge is 0.489 e. The number of rotatable bonds is 6. The van der Waals surface area contributed by atoms with Crippen molar-refractivity contribution < 1.29 is 28.7 Å². The first kappa shape index (κ1) is 21.4. The first-order chi connectivity index (χ1) is 14.3. The second-order valence-electron chi connectivity index (χ2n) is 6.53. The SMILES string of the molecule is CC(OC(=O)Cc1cc(Cl)c2c(c1)OCCCO2)C(=O)Nc1ccccc1[N+](=O)[O-]. The maximum absolute atomic E-state index is 12.3. The molecule has 0 bridgehead atoms. The lowest BCUT2D eigenvalue weighted by atomic mass is 10.1. The number of amides is 1. The maximum Gasteiger partial charge on any atom is 0.311 e. The molecule has 1 aliphatic heterocycles. The van der Waals surface area contributed by atoms with Gasteiger partial charge in [-0.1, -0.05) is 23.7 Å². The Bertz CT molecular complexity index is 980. The predicted octanol–water partition coefficient (Wildman–Crippen LogP) is 3.52. The number of halogens is 1. The fraction of sp³-hybridized carbons (Fsp3) is 0.300. The lowest BCUT2D eigenvalue weighted by molar-refractivity contribution is -0.383. The van der Waals surface area contributed by atoms with E-state index in [2.05, 4.69) is 5.32 Å². The van der Waals surface area contributed by atoms with Gasteiger partial charge in [-0.2, -0.15) is 0 Å². The highest BCUT2D eigenvalue weighted by atomic mass is 35.5. The van der Waals surface area contributed by atoms with Gasteiger partial charge >= 0.3 is 5.97 Å². The Hall–Kier alpha value is -3.33. The molecule has 3 rings (SSSR count). The van der Waals surface area contributed by atoms with E-state index in [1.807, 2.05) is 0 Å². The smallest absolute Gasteiger partial charge is 0.311 e. The van der Waals surface area contributed by atoms with Gasteiger partial charge in [-0.3, -0.25) is 19.7 Å². The van der Waals surface area contributed by atoms with Crippen LogP contribution in [0.2, 0.25) is 5.02 Å². The van der Waals surface area contributed by atoms with Crippen LogP contribution in [0.1, 0.15) is 18.9 Å². The normalized spacial score (nSPS) is 13.7. The van der Waals surface area contributed by atoms with Crippen LogP contribution < -0.4 is 14.8 Å². The van der Waals surface area contributed by atoms with Crippen molar-refractivity contribution in [2.45, 2.75) is 25.9 Å². The first-order valence-corrected chi connectivity index (χ1v) is 9.54. The molecule has 10 heteroatoms. The summed E-state index contributed by atoms with van der Waals surface area (Å²) in [6.45, 7) is 2.34. The summed E-state index contributed by atoms with van der Waals surface area (Å²) in [5, 5.41) is 13.8. The molecule has 0 saturated heterocycles. The van der Waals surface area contributed by atoms with Crippen molar-refractivity contribution in [1.82, 2.24) is 0 Å². The molecule has 0 aromatic heterocycles. The number of hydrogen-bond acceptors (Lipinski definition) is 7. The Morgan fingerprint density at radius 2 is 2.00 bits per heavy atom. The average Bonchev–Trinajstić information content (AvgIpc) is 2.94. The number of hydrogen-bond donors (Lipinski definition) is 1. The number of anilines is 1. The van der Waals surface area contributed by atoms with Gasteiger partial charge in [0, 0.05) is 12.5 Å². The number of esters is 1. The molecule has 158 valence electrons. The summed E-state index contributed by atoms with van der Waals surface area (Å²) in [6, 6.07) is 8.91. The highest BCUT2D eigenvalue weighted by Crippen LogP contribution is 2.38. The monoisotopic (exact) mass is 434 g/mol. The van der Waals surface area contributed by atoms with E-state index in [4.69, 9.17) is 25.8 Å². The van der Waals surface area contributed by atoms with Crippen molar-refractivity contribution in [3.63, 3.8) is 0 Å². The maximum atomic E-state index is 12.3. The molecule has 0 saturated carbocycles. The van der Waals surface area contributed by atoms with Crippen molar-refractivity contribution >= 4 is 34.9 Å². The molecule has 1 atom stereocenters. The van der Waals surface area contributed by atoms with Crippen molar-refractivity contribution in [1.29, 1.82) is 0 Å². The number of nitro benzene ring substituents is 1. The van der Waals surface area contributed by atoms with Crippen LogP contribution in [0.15, 0.2) is 36.4 Å². The van der Waals surface area contributed by atoms with Gasteiger partial charge < -0.3 is 19.5 Å². The zero-order chi connectivity index (χ0) is 21.7. The summed E-state index contributed by atoms with van der Waals surface area (Å²) in [5.41, 5.74) is 0.303. The van der Waals surface area contributed by atoms with Gasteiger partial charge in [0.1, 0.15) is 5.69 Å². The van der Waals surface area contributed by atoms with Crippen molar-refractivity contribution in [3.8, 4) is 11.5 Å². The molecule has 1 aliphatic rings. The number of benzene rings is 2. The summed E-state index contributed by atoms with van der Waals surface area (Å²) < 4.78 is 16.3. The van der Waals surface area contributed by atoms with Gasteiger partial charge in [-0.25, -0.2) is 0 Å². The minimum Gasteiger partial charge on any atom is -0.489 e. The highest BCUT2D eigenvalue weighted by Gasteiger charge is 2.23. The van der Waals surface area contributed by atoms with Crippen molar-refractivity contribution in [3.05, 3.63) is 57.1 Å². The number of nitrogens with zero attached hydrogens (tertiary/aromatic N) is 1. The number of carbonyl (C=O) groups is 2. The van der Waals surface area contributed by atoms with E-state index in [9.17, 15) is 19.7 Å². The quantitative estimate of drug-likeness (QED) is 0.420. The number of nitrogens with one attached hydrogen (secondary N) is 1. The van der Waals surface area contributed by atoms with Gasteiger partial charge in [0.25, 0.3) is 11.6 Å². The zero-order valence-electron chi connectivity index (χ0n) is 16.1. The van der Waals surface area contributed by atoms with Crippen LogP contribution in [0, 0.1) is 10.1 Å². The number of nitro groups is 1. The third-order valence-electron chi connectivity index (χ3n) is 4.25. The molecule has 2 aromatic rings. The lowest BCUT2D eigenvalue weighted by Crippen LogP contribution is -2.30. The Morgan fingerprint density at radius 3 is 2.77 bits per heavy atom. The van der Waals surface area contributed by atoms with Crippen LogP contribution in [-0.4, -0.2) is 36.1 Å². The Balaban J connectivity index is 1.62. The van der Waals surface area contributed by atoms with E-state index in [1.54, 1.807) is 18.2 Å². The van der Waals surface area contributed by atoms with Gasteiger partial charge in [0.15, 0.2) is 17.6 Å². The molecule has 0 aliphatic carbocycles. The Morgan fingerprint density at radius 1 is 1.27 bits per heavy atom. The zero-order valence-corrected chi connectivity index (χ0v) is 16.8. The third kappa shape index (κ3) is 5.18. The van der Waals surface area contributed by atoms with E-state index in [0.717, 1.165) is 0 Å². The lowest BCUT2D eigenvalue weighted by Gasteiger charge is -2.15. The number of fused-ring (bicyclic) bond motifs is 1. The summed E-state index contributed by atoms with van der Waals surface area (Å²) in [7, 11) is 0. The third-order valence-corrected chi connectivity index (χ3v) is 4.53. The van der Waals surface area contributed by atoms with Crippen molar-refractivity contribution in [2.75, 3.05) is 18.5 Å². The Labute approximate surface area is 177 Å². The fourth-order valence-electron chi connectivity index (χ4n) is 2.82. The average molecular weight is 435 g/mol. The van der Waals surface area contributed by atoms with Crippen LogP contribution in [0.5, 0.6) is 11.5 Å². The second kappa shape index (κ2) is 9.45. The summed E-state index contributed by atoms with van der Waals surface area (Å²) >= 11 is 6.21. The van der Waals surface area contributed by atoms with E-state index >= 15 is 0 Å². The van der Waals surface area contributed by atoms with Gasteiger partial charge in [-0.15, -0.1) is 0 Å². The van der Waals surface area contributed by atoms with E-state index in [1.165, 1.54) is 25.1 Å². The second-order valence-corrected chi connectivity index (χ2v) is 6.93. The molecule has 2 aromatic carbocycles. The van der Waals surface area contributed by atoms with Gasteiger partial charge in [0.05, 0.1) is 29.6 Å². The van der Waals surface area contributed by atoms with Crippen molar-refractivity contribution in [2.24, 2.45) is 0 Å². The topological polar surface area (TPSA) is 117 Å². The van der Waals surface area contributed by atoms with Crippen LogP contribution in [0.25, 0.3) is 0 Å². The van der Waals surface area contributed by atoms with Gasteiger partial charge in [-0.05, 0) is 30.7 Å². The van der Waals surface area contributed by atoms with Gasteiger partial charge in [0.2, 0.25) is 0 Å². The van der Waals surface area contributed by atoms with Crippen LogP contribution in [-0.2, 0) is 20.7 Å². The molecule has 30 heavy (non-hydrogen) atoms. The molecule has 0 radical (unpaired) electrons. The van der Waals surface area contributed by atoms with E-state index in [-0.39, 0.29) is 17.8 Å². The van der Waals surface area contributed by atoms with Crippen LogP contribution in [0.4, 0.5) is 11.4 Å². The Kier molecular flexibility index (Phi) is 6.73. The molecule has 9 nitrogen and oxygen atoms in total. The molecular formula is C20H19ClN2O7. The summed E-state index contributed by atoms with van der Waals surface area (Å²) in [4.78, 5) is 35.0. The highest BCUT2D eigenvalue weighted by molar-refractivity contribution is 6.32. The molecular weight excluding hydrogens is 416 g/mol. The minimum absolute atomic E-state index is 0.0186. The molecule has 1 amide bonds. The first-order valence-electron chi connectivity index (χ1n) is 9.17.